The number of rotatable bonds is 7. The zero-order chi connectivity index (χ0) is 22.8. The van der Waals surface area contributed by atoms with Crippen LogP contribution in [-0.4, -0.2) is 39.9 Å². The van der Waals surface area contributed by atoms with Crippen molar-refractivity contribution >= 4 is 29.0 Å². The normalized spacial score (nSPS) is 15.8. The molecule has 3 aromatic rings. The van der Waals surface area contributed by atoms with E-state index in [1.54, 1.807) is 53.9 Å². The number of carboxylic acid groups (broad SMARTS) is 1. The highest BCUT2D eigenvalue weighted by Crippen LogP contribution is 2.41. The molecule has 8 heteroatoms. The maximum Gasteiger partial charge on any atom is 0.335 e. The summed E-state index contributed by atoms with van der Waals surface area (Å²) in [5.41, 5.74) is 1.41. The number of carbonyl (C=O) groups is 3. The molecule has 1 aliphatic rings. The number of carbonyl (C=O) groups excluding carboxylic acids is 2. The van der Waals surface area contributed by atoms with E-state index in [9.17, 15) is 19.5 Å². The maximum absolute atomic E-state index is 13.2. The van der Waals surface area contributed by atoms with Crippen LogP contribution in [0.25, 0.3) is 0 Å². The molecule has 0 saturated heterocycles. The molecular formula is C24H19NO6S. The Morgan fingerprint density at radius 2 is 1.84 bits per heavy atom. The summed E-state index contributed by atoms with van der Waals surface area (Å²) in [4.78, 5) is 39.2. The van der Waals surface area contributed by atoms with E-state index >= 15 is 0 Å². The van der Waals surface area contributed by atoms with E-state index in [1.165, 1.54) is 35.5 Å². The monoisotopic (exact) mass is 449 g/mol. The number of nitrogens with zero attached hydrogens (tertiary/aromatic N) is 1. The molecule has 0 aliphatic carbocycles. The Hall–Kier alpha value is -3.91. The average molecular weight is 449 g/mol. The molecule has 0 bridgehead atoms. The third kappa shape index (κ3) is 3.88. The largest absolute Gasteiger partial charge is 0.503 e. The van der Waals surface area contributed by atoms with Gasteiger partial charge < -0.3 is 19.8 Å². The van der Waals surface area contributed by atoms with Crippen molar-refractivity contribution in [3.63, 3.8) is 0 Å². The lowest BCUT2D eigenvalue weighted by atomic mass is 9.95. The van der Waals surface area contributed by atoms with Crippen LogP contribution in [0.3, 0.4) is 0 Å². The Kier molecular flexibility index (Phi) is 5.79. The Bertz CT molecular complexity index is 1210. The van der Waals surface area contributed by atoms with Gasteiger partial charge in [0.1, 0.15) is 5.75 Å². The highest BCUT2D eigenvalue weighted by molar-refractivity contribution is 7.12. The van der Waals surface area contributed by atoms with E-state index in [1.807, 2.05) is 0 Å². The van der Waals surface area contributed by atoms with Crippen molar-refractivity contribution in [2.24, 2.45) is 0 Å². The van der Waals surface area contributed by atoms with Gasteiger partial charge in [-0.2, -0.15) is 0 Å². The topological polar surface area (TPSA) is 104 Å². The van der Waals surface area contributed by atoms with Crippen molar-refractivity contribution in [3.8, 4) is 5.75 Å². The van der Waals surface area contributed by atoms with Gasteiger partial charge in [0.05, 0.1) is 29.2 Å². The first-order chi connectivity index (χ1) is 15.4. The maximum atomic E-state index is 13.2. The number of aromatic carboxylic acids is 1. The number of hydrogen-bond acceptors (Lipinski definition) is 6. The van der Waals surface area contributed by atoms with E-state index in [0.717, 1.165) is 0 Å². The van der Waals surface area contributed by atoms with E-state index in [4.69, 9.17) is 9.84 Å². The van der Waals surface area contributed by atoms with Crippen LogP contribution >= 0.6 is 11.3 Å². The average Bonchev–Trinajstić information content (AvgIpc) is 3.42. The van der Waals surface area contributed by atoms with Crippen LogP contribution in [0.2, 0.25) is 0 Å². The fraction of sp³-hybridized carbons (Fsp3) is 0.125. The minimum absolute atomic E-state index is 0.00728. The molecule has 2 aromatic carbocycles. The number of amides is 1. The summed E-state index contributed by atoms with van der Waals surface area (Å²) in [5, 5.41) is 21.6. The van der Waals surface area contributed by atoms with Crippen molar-refractivity contribution in [3.05, 3.63) is 98.9 Å². The molecule has 1 atom stereocenters. The summed E-state index contributed by atoms with van der Waals surface area (Å²) in [7, 11) is 1.52. The quantitative estimate of drug-likeness (QED) is 0.523. The van der Waals surface area contributed by atoms with Crippen LogP contribution in [-0.2, 0) is 11.3 Å². The molecule has 4 rings (SSSR count). The summed E-state index contributed by atoms with van der Waals surface area (Å²) >= 11 is 1.23. The van der Waals surface area contributed by atoms with Gasteiger partial charge in [-0.05, 0) is 46.8 Å². The molecule has 2 heterocycles. The molecule has 32 heavy (non-hydrogen) atoms. The number of aliphatic hydroxyl groups is 1. The smallest absolute Gasteiger partial charge is 0.335 e. The summed E-state index contributed by atoms with van der Waals surface area (Å²) in [6, 6.07) is 15.6. The minimum atomic E-state index is -1.05. The first-order valence-electron chi connectivity index (χ1n) is 9.69. The van der Waals surface area contributed by atoms with Crippen molar-refractivity contribution in [2.75, 3.05) is 7.11 Å². The van der Waals surface area contributed by atoms with Gasteiger partial charge in [0.25, 0.3) is 5.91 Å². The lowest BCUT2D eigenvalue weighted by Gasteiger charge is -2.27. The zero-order valence-corrected chi connectivity index (χ0v) is 17.8. The van der Waals surface area contributed by atoms with Crippen LogP contribution in [0.15, 0.2) is 77.4 Å². The van der Waals surface area contributed by atoms with Crippen LogP contribution in [0.5, 0.6) is 5.75 Å². The highest BCUT2D eigenvalue weighted by atomic mass is 32.1. The van der Waals surface area contributed by atoms with Gasteiger partial charge in [-0.1, -0.05) is 30.3 Å². The van der Waals surface area contributed by atoms with Crippen molar-refractivity contribution in [2.45, 2.75) is 12.6 Å². The number of Topliss-reactive ketones (excluding diaryl/α,β-unsaturated/α-hetero) is 1. The number of thiophene rings is 1. The standard InChI is InChI=1S/C24H19NO6S/c1-31-17-5-2-4-16(12-17)20-19(21(26)18-6-3-11-32-18)22(27)23(28)25(20)13-14-7-9-15(10-8-14)24(29)30/h2-12,20,27H,13H2,1H3,(H,29,30). The Morgan fingerprint density at radius 3 is 2.47 bits per heavy atom. The molecule has 1 aliphatic heterocycles. The van der Waals surface area contributed by atoms with E-state index in [2.05, 4.69) is 0 Å². The predicted octanol–water partition coefficient (Wildman–Crippen LogP) is 4.23. The fourth-order valence-electron chi connectivity index (χ4n) is 3.70. The third-order valence-corrected chi connectivity index (χ3v) is 6.13. The number of aliphatic hydroxyl groups excluding tert-OH is 1. The van der Waals surface area contributed by atoms with Gasteiger partial charge in [-0.15, -0.1) is 11.3 Å². The number of benzene rings is 2. The summed E-state index contributed by atoms with van der Waals surface area (Å²) < 4.78 is 5.30. The molecule has 7 nitrogen and oxygen atoms in total. The molecule has 0 saturated carbocycles. The first-order valence-corrected chi connectivity index (χ1v) is 10.6. The highest BCUT2D eigenvalue weighted by Gasteiger charge is 2.44. The molecule has 162 valence electrons. The predicted molar refractivity (Wildman–Crippen MR) is 118 cm³/mol. The van der Waals surface area contributed by atoms with Crippen molar-refractivity contribution in [1.82, 2.24) is 4.90 Å². The van der Waals surface area contributed by atoms with Gasteiger partial charge in [0, 0.05) is 6.54 Å². The zero-order valence-electron chi connectivity index (χ0n) is 17.0. The van der Waals surface area contributed by atoms with Gasteiger partial charge in [-0.3, -0.25) is 9.59 Å². The second-order valence-electron chi connectivity index (χ2n) is 7.18. The SMILES string of the molecule is COc1cccc(C2C(C(=O)c3cccs3)=C(O)C(=O)N2Cc2ccc(C(=O)O)cc2)c1. The number of methoxy groups -OCH3 is 1. The minimum Gasteiger partial charge on any atom is -0.503 e. The number of hydrogen-bond donors (Lipinski definition) is 2. The van der Waals surface area contributed by atoms with Crippen molar-refractivity contribution in [1.29, 1.82) is 0 Å². The van der Waals surface area contributed by atoms with Crippen LogP contribution in [0.1, 0.15) is 37.2 Å². The lowest BCUT2D eigenvalue weighted by molar-refractivity contribution is -0.130. The van der Waals surface area contributed by atoms with Gasteiger partial charge in [0.2, 0.25) is 5.78 Å². The van der Waals surface area contributed by atoms with Gasteiger partial charge in [-0.25, -0.2) is 4.79 Å². The second kappa shape index (κ2) is 8.68. The molecule has 0 fully saturated rings. The second-order valence-corrected chi connectivity index (χ2v) is 8.13. The van der Waals surface area contributed by atoms with Crippen LogP contribution in [0, 0.1) is 0 Å². The fourth-order valence-corrected chi connectivity index (χ4v) is 4.37. The molecule has 1 amide bonds. The Labute approximate surface area is 187 Å². The van der Waals surface area contributed by atoms with E-state index in [0.29, 0.717) is 21.8 Å². The molecule has 0 spiro atoms. The lowest BCUT2D eigenvalue weighted by Crippen LogP contribution is -2.30. The van der Waals surface area contributed by atoms with E-state index in [-0.39, 0.29) is 17.7 Å². The molecular weight excluding hydrogens is 430 g/mol. The number of carboxylic acids is 1. The summed E-state index contributed by atoms with van der Waals surface area (Å²) in [6.45, 7) is 0.0753. The Morgan fingerprint density at radius 1 is 1.09 bits per heavy atom. The molecule has 2 N–H and O–H groups in total. The summed E-state index contributed by atoms with van der Waals surface area (Å²) in [6.07, 6.45) is 0. The van der Waals surface area contributed by atoms with Gasteiger partial charge in [0.15, 0.2) is 5.76 Å². The summed E-state index contributed by atoms with van der Waals surface area (Å²) in [5.74, 6) is -2.16. The Balaban J connectivity index is 1.77. The molecule has 1 unspecified atom stereocenters. The number of ketones is 1. The third-order valence-electron chi connectivity index (χ3n) is 5.26. The van der Waals surface area contributed by atoms with Crippen molar-refractivity contribution < 1.29 is 29.3 Å². The van der Waals surface area contributed by atoms with E-state index < -0.39 is 29.5 Å². The van der Waals surface area contributed by atoms with Crippen LogP contribution in [0.4, 0.5) is 0 Å². The molecule has 1 aromatic heterocycles. The van der Waals surface area contributed by atoms with Gasteiger partial charge >= 0.3 is 5.97 Å². The first kappa shape index (κ1) is 21.3. The molecule has 0 radical (unpaired) electrons. The number of ether oxygens (including phenoxy) is 1. The van der Waals surface area contributed by atoms with Crippen LogP contribution < -0.4 is 4.74 Å².